The molecule has 0 unspecified atom stereocenters. The summed E-state index contributed by atoms with van der Waals surface area (Å²) in [6, 6.07) is 6.48. The number of rotatable bonds is 1. The van der Waals surface area contributed by atoms with Crippen LogP contribution in [0.5, 0.6) is 5.75 Å². The predicted molar refractivity (Wildman–Crippen MR) is 58.5 cm³/mol. The van der Waals surface area contributed by atoms with Crippen LogP contribution in [0.3, 0.4) is 0 Å². The summed E-state index contributed by atoms with van der Waals surface area (Å²) >= 11 is 0. The van der Waals surface area contributed by atoms with Gasteiger partial charge in [-0.1, -0.05) is 13.8 Å². The van der Waals surface area contributed by atoms with Gasteiger partial charge in [0.1, 0.15) is 5.75 Å². The standard InChI is InChI=1S/C9H11NO2.C2H6/c1-7(11)10(2)8-3-5-9(12)6-4-8;1-2/h3-6,12H,1-2H3;1-2H3. The van der Waals surface area contributed by atoms with Crippen LogP contribution in [0.25, 0.3) is 0 Å². The molecule has 0 aliphatic heterocycles. The number of amides is 1. The first-order valence-corrected chi connectivity index (χ1v) is 4.64. The van der Waals surface area contributed by atoms with Crippen molar-refractivity contribution in [2.45, 2.75) is 20.8 Å². The number of anilines is 1. The van der Waals surface area contributed by atoms with E-state index in [4.69, 9.17) is 5.11 Å². The topological polar surface area (TPSA) is 40.5 Å². The van der Waals surface area contributed by atoms with Gasteiger partial charge in [-0.3, -0.25) is 4.79 Å². The summed E-state index contributed by atoms with van der Waals surface area (Å²) in [5, 5.41) is 8.97. The number of carbonyl (C=O) groups excluding carboxylic acids is 1. The Kier molecular flexibility index (Phi) is 5.37. The van der Waals surface area contributed by atoms with Gasteiger partial charge in [0.05, 0.1) is 0 Å². The SMILES string of the molecule is CC.CC(=O)N(C)c1ccc(O)cc1. The van der Waals surface area contributed by atoms with Gasteiger partial charge in [-0.2, -0.15) is 0 Å². The number of nitrogens with zero attached hydrogens (tertiary/aromatic N) is 1. The molecule has 1 rings (SSSR count). The van der Waals surface area contributed by atoms with E-state index >= 15 is 0 Å². The highest BCUT2D eigenvalue weighted by atomic mass is 16.3. The molecule has 0 bridgehead atoms. The summed E-state index contributed by atoms with van der Waals surface area (Å²) in [6.07, 6.45) is 0. The molecule has 0 fully saturated rings. The summed E-state index contributed by atoms with van der Waals surface area (Å²) < 4.78 is 0. The van der Waals surface area contributed by atoms with Crippen LogP contribution in [0.15, 0.2) is 24.3 Å². The molecule has 0 saturated heterocycles. The minimum Gasteiger partial charge on any atom is -0.508 e. The zero-order valence-electron chi connectivity index (χ0n) is 9.11. The number of aromatic hydroxyl groups is 1. The summed E-state index contributed by atoms with van der Waals surface area (Å²) in [5.41, 5.74) is 0.778. The Bertz CT molecular complexity index is 280. The highest BCUT2D eigenvalue weighted by Crippen LogP contribution is 2.16. The molecule has 78 valence electrons. The van der Waals surface area contributed by atoms with Crippen molar-refractivity contribution in [3.63, 3.8) is 0 Å². The van der Waals surface area contributed by atoms with Crippen molar-refractivity contribution < 1.29 is 9.90 Å². The molecule has 0 aliphatic rings. The molecule has 0 saturated carbocycles. The summed E-state index contributed by atoms with van der Waals surface area (Å²) in [4.78, 5) is 12.4. The van der Waals surface area contributed by atoms with Crippen LogP contribution in [0.2, 0.25) is 0 Å². The second-order valence-electron chi connectivity index (χ2n) is 2.59. The van der Waals surface area contributed by atoms with E-state index in [1.807, 2.05) is 13.8 Å². The van der Waals surface area contributed by atoms with Crippen molar-refractivity contribution in [3.8, 4) is 5.75 Å². The molecule has 3 nitrogen and oxygen atoms in total. The second-order valence-corrected chi connectivity index (χ2v) is 2.59. The average Bonchev–Trinajstić information content (AvgIpc) is 2.21. The Balaban J connectivity index is 0.000000791. The quantitative estimate of drug-likeness (QED) is 0.747. The van der Waals surface area contributed by atoms with E-state index < -0.39 is 0 Å². The van der Waals surface area contributed by atoms with Crippen LogP contribution in [-0.2, 0) is 4.79 Å². The van der Waals surface area contributed by atoms with Gasteiger partial charge in [0, 0.05) is 19.7 Å². The fourth-order valence-corrected chi connectivity index (χ4v) is 0.858. The first-order valence-electron chi connectivity index (χ1n) is 4.64. The smallest absolute Gasteiger partial charge is 0.223 e. The van der Waals surface area contributed by atoms with Crippen molar-refractivity contribution in [1.29, 1.82) is 0 Å². The number of hydrogen-bond donors (Lipinski definition) is 1. The van der Waals surface area contributed by atoms with E-state index in [9.17, 15) is 4.79 Å². The van der Waals surface area contributed by atoms with E-state index in [-0.39, 0.29) is 11.7 Å². The molecule has 1 N–H and O–H groups in total. The molecule has 0 atom stereocenters. The third-order valence-corrected chi connectivity index (χ3v) is 1.71. The normalized spacial score (nSPS) is 8.57. The molecule has 0 spiro atoms. The number of hydrogen-bond acceptors (Lipinski definition) is 2. The molecule has 0 aromatic heterocycles. The van der Waals surface area contributed by atoms with Crippen LogP contribution in [0, 0.1) is 0 Å². The van der Waals surface area contributed by atoms with Crippen LogP contribution < -0.4 is 4.90 Å². The zero-order valence-corrected chi connectivity index (χ0v) is 9.11. The zero-order chi connectivity index (χ0) is 11.1. The van der Waals surface area contributed by atoms with Gasteiger partial charge in [-0.25, -0.2) is 0 Å². The van der Waals surface area contributed by atoms with Crippen molar-refractivity contribution in [2.75, 3.05) is 11.9 Å². The lowest BCUT2D eigenvalue weighted by Crippen LogP contribution is -2.22. The summed E-state index contributed by atoms with van der Waals surface area (Å²) in [7, 11) is 1.69. The van der Waals surface area contributed by atoms with E-state index in [1.54, 1.807) is 31.3 Å². The average molecular weight is 195 g/mol. The Labute approximate surface area is 85.0 Å². The van der Waals surface area contributed by atoms with Gasteiger partial charge in [-0.05, 0) is 24.3 Å². The van der Waals surface area contributed by atoms with Crippen molar-refractivity contribution in [2.24, 2.45) is 0 Å². The minimum atomic E-state index is -0.0271. The number of phenolic OH excluding ortho intramolecular Hbond substituents is 1. The fraction of sp³-hybridized carbons (Fsp3) is 0.364. The predicted octanol–water partition coefficient (Wildman–Crippen LogP) is 2.40. The lowest BCUT2D eigenvalue weighted by molar-refractivity contribution is -0.116. The molecular formula is C11H17NO2. The molecular weight excluding hydrogens is 178 g/mol. The second kappa shape index (κ2) is 6.02. The van der Waals surface area contributed by atoms with E-state index in [0.29, 0.717) is 0 Å². The molecule has 1 amide bonds. The van der Waals surface area contributed by atoms with Crippen molar-refractivity contribution in [1.82, 2.24) is 0 Å². The summed E-state index contributed by atoms with van der Waals surface area (Å²) in [6.45, 7) is 5.49. The Morgan fingerprint density at radius 1 is 1.21 bits per heavy atom. The lowest BCUT2D eigenvalue weighted by atomic mass is 10.3. The van der Waals surface area contributed by atoms with Gasteiger partial charge < -0.3 is 10.0 Å². The van der Waals surface area contributed by atoms with Crippen LogP contribution >= 0.6 is 0 Å². The Morgan fingerprint density at radius 2 is 1.64 bits per heavy atom. The monoisotopic (exact) mass is 195 g/mol. The third-order valence-electron chi connectivity index (χ3n) is 1.71. The number of benzene rings is 1. The summed E-state index contributed by atoms with van der Waals surface area (Å²) in [5.74, 6) is 0.177. The van der Waals surface area contributed by atoms with Gasteiger partial charge >= 0.3 is 0 Å². The maximum Gasteiger partial charge on any atom is 0.223 e. The highest BCUT2D eigenvalue weighted by molar-refractivity contribution is 5.90. The molecule has 1 aromatic rings. The molecule has 3 heteroatoms. The van der Waals surface area contributed by atoms with Gasteiger partial charge in [-0.15, -0.1) is 0 Å². The molecule has 0 heterocycles. The largest absolute Gasteiger partial charge is 0.508 e. The Hall–Kier alpha value is -1.51. The lowest BCUT2D eigenvalue weighted by Gasteiger charge is -2.14. The molecule has 14 heavy (non-hydrogen) atoms. The highest BCUT2D eigenvalue weighted by Gasteiger charge is 2.03. The van der Waals surface area contributed by atoms with Crippen LogP contribution in [0.1, 0.15) is 20.8 Å². The van der Waals surface area contributed by atoms with Crippen LogP contribution in [-0.4, -0.2) is 18.1 Å². The van der Waals surface area contributed by atoms with Gasteiger partial charge in [0.25, 0.3) is 0 Å². The number of phenols is 1. The van der Waals surface area contributed by atoms with Crippen molar-refractivity contribution >= 4 is 11.6 Å². The van der Waals surface area contributed by atoms with Gasteiger partial charge in [0.15, 0.2) is 0 Å². The van der Waals surface area contributed by atoms with E-state index in [2.05, 4.69) is 0 Å². The van der Waals surface area contributed by atoms with Gasteiger partial charge in [0.2, 0.25) is 5.91 Å². The molecule has 1 aromatic carbocycles. The van der Waals surface area contributed by atoms with E-state index in [0.717, 1.165) is 5.69 Å². The first-order chi connectivity index (χ1) is 6.61. The maximum atomic E-state index is 10.9. The number of carbonyl (C=O) groups is 1. The molecule has 0 aliphatic carbocycles. The maximum absolute atomic E-state index is 10.9. The fourth-order valence-electron chi connectivity index (χ4n) is 0.858. The van der Waals surface area contributed by atoms with Crippen LogP contribution in [0.4, 0.5) is 5.69 Å². The Morgan fingerprint density at radius 3 is 2.00 bits per heavy atom. The molecule has 0 radical (unpaired) electrons. The minimum absolute atomic E-state index is 0.0271. The first kappa shape index (κ1) is 12.5. The third kappa shape index (κ3) is 3.47. The van der Waals surface area contributed by atoms with Crippen molar-refractivity contribution in [3.05, 3.63) is 24.3 Å². The van der Waals surface area contributed by atoms with E-state index in [1.165, 1.54) is 11.8 Å².